The quantitative estimate of drug-likeness (QED) is 0.761. The number of carbonyl (C=O) groups is 1. The normalized spacial score (nSPS) is 10.6. The van der Waals surface area contributed by atoms with Crippen molar-refractivity contribution < 1.29 is 4.79 Å². The van der Waals surface area contributed by atoms with Gasteiger partial charge < -0.3 is 9.72 Å². The standard InChI is InChI=1S/C15H13N3O/c1-11-9-18-10-13(7-8-14(18)16-11)17-15(19)12-5-3-2-4-6-12/h2-10H,1H3,(H,17,19). The predicted octanol–water partition coefficient (Wildman–Crippen LogP) is 2.90. The van der Waals surface area contributed by atoms with E-state index < -0.39 is 0 Å². The van der Waals surface area contributed by atoms with Crippen molar-refractivity contribution in [1.82, 2.24) is 9.38 Å². The third-order valence-electron chi connectivity index (χ3n) is 2.87. The molecule has 1 aromatic carbocycles. The molecule has 94 valence electrons. The second-order valence-electron chi connectivity index (χ2n) is 4.39. The van der Waals surface area contributed by atoms with Crippen molar-refractivity contribution in [3.05, 3.63) is 66.1 Å². The molecule has 0 aliphatic heterocycles. The number of imidazole rings is 1. The summed E-state index contributed by atoms with van der Waals surface area (Å²) in [7, 11) is 0. The van der Waals surface area contributed by atoms with E-state index in [1.807, 2.05) is 54.0 Å². The van der Waals surface area contributed by atoms with E-state index in [2.05, 4.69) is 10.3 Å². The molecule has 0 unspecified atom stereocenters. The summed E-state index contributed by atoms with van der Waals surface area (Å²) in [6, 6.07) is 12.9. The van der Waals surface area contributed by atoms with Crippen LogP contribution in [0.3, 0.4) is 0 Å². The number of pyridine rings is 1. The number of fused-ring (bicyclic) bond motifs is 1. The van der Waals surface area contributed by atoms with Crippen LogP contribution in [0.5, 0.6) is 0 Å². The Bertz CT molecular complexity index is 731. The third kappa shape index (κ3) is 2.33. The summed E-state index contributed by atoms with van der Waals surface area (Å²) in [5.74, 6) is -0.114. The number of aryl methyl sites for hydroxylation is 1. The second-order valence-corrected chi connectivity index (χ2v) is 4.39. The fourth-order valence-corrected chi connectivity index (χ4v) is 1.99. The van der Waals surface area contributed by atoms with Crippen molar-refractivity contribution in [3.8, 4) is 0 Å². The van der Waals surface area contributed by atoms with Gasteiger partial charge in [-0.05, 0) is 31.2 Å². The van der Waals surface area contributed by atoms with Crippen LogP contribution in [0.1, 0.15) is 16.1 Å². The lowest BCUT2D eigenvalue weighted by Gasteiger charge is -2.05. The van der Waals surface area contributed by atoms with Gasteiger partial charge >= 0.3 is 0 Å². The molecule has 0 saturated heterocycles. The molecule has 0 aliphatic rings. The SMILES string of the molecule is Cc1cn2cc(NC(=O)c3ccccc3)ccc2n1. The van der Waals surface area contributed by atoms with Crippen molar-refractivity contribution in [1.29, 1.82) is 0 Å². The summed E-state index contributed by atoms with van der Waals surface area (Å²) < 4.78 is 1.90. The number of rotatable bonds is 2. The Kier molecular flexibility index (Phi) is 2.76. The van der Waals surface area contributed by atoms with E-state index in [1.165, 1.54) is 0 Å². The molecule has 0 radical (unpaired) electrons. The Balaban J connectivity index is 1.87. The lowest BCUT2D eigenvalue weighted by Crippen LogP contribution is -2.11. The minimum absolute atomic E-state index is 0.114. The average Bonchev–Trinajstić information content (AvgIpc) is 2.79. The fourth-order valence-electron chi connectivity index (χ4n) is 1.99. The molecule has 0 saturated carbocycles. The molecule has 0 fully saturated rings. The van der Waals surface area contributed by atoms with Gasteiger partial charge in [0, 0.05) is 18.0 Å². The van der Waals surface area contributed by atoms with Crippen LogP contribution >= 0.6 is 0 Å². The topological polar surface area (TPSA) is 46.4 Å². The summed E-state index contributed by atoms with van der Waals surface area (Å²) in [6.07, 6.45) is 3.78. The van der Waals surface area contributed by atoms with Gasteiger partial charge in [-0.15, -0.1) is 0 Å². The molecular weight excluding hydrogens is 238 g/mol. The molecule has 0 spiro atoms. The number of aromatic nitrogens is 2. The minimum atomic E-state index is -0.114. The van der Waals surface area contributed by atoms with Crippen LogP contribution in [0.15, 0.2) is 54.9 Å². The van der Waals surface area contributed by atoms with Crippen LogP contribution < -0.4 is 5.32 Å². The Morgan fingerprint density at radius 3 is 2.68 bits per heavy atom. The van der Waals surface area contributed by atoms with Crippen molar-refractivity contribution in [2.45, 2.75) is 6.92 Å². The van der Waals surface area contributed by atoms with Gasteiger partial charge in [0.1, 0.15) is 5.65 Å². The van der Waals surface area contributed by atoms with Crippen LogP contribution in [0.2, 0.25) is 0 Å². The number of amides is 1. The van der Waals surface area contributed by atoms with Crippen LogP contribution in [-0.4, -0.2) is 15.3 Å². The molecular formula is C15H13N3O. The molecule has 0 atom stereocenters. The molecule has 0 aliphatic carbocycles. The highest BCUT2D eigenvalue weighted by Gasteiger charge is 2.06. The Hall–Kier alpha value is -2.62. The average molecular weight is 251 g/mol. The lowest BCUT2D eigenvalue weighted by atomic mass is 10.2. The molecule has 3 aromatic rings. The van der Waals surface area contributed by atoms with Crippen molar-refractivity contribution >= 4 is 17.2 Å². The molecule has 2 heterocycles. The fraction of sp³-hybridized carbons (Fsp3) is 0.0667. The smallest absolute Gasteiger partial charge is 0.255 e. The largest absolute Gasteiger partial charge is 0.321 e. The molecule has 1 amide bonds. The maximum atomic E-state index is 12.0. The summed E-state index contributed by atoms with van der Waals surface area (Å²) in [5.41, 5.74) is 3.21. The molecule has 4 nitrogen and oxygen atoms in total. The number of hydrogen-bond donors (Lipinski definition) is 1. The highest BCUT2D eigenvalue weighted by atomic mass is 16.1. The van der Waals surface area contributed by atoms with Crippen LogP contribution in [0, 0.1) is 6.92 Å². The molecule has 1 N–H and O–H groups in total. The third-order valence-corrected chi connectivity index (χ3v) is 2.87. The molecule has 0 bridgehead atoms. The van der Waals surface area contributed by atoms with Crippen LogP contribution in [0.25, 0.3) is 5.65 Å². The van der Waals surface area contributed by atoms with Crippen molar-refractivity contribution in [2.24, 2.45) is 0 Å². The van der Waals surface area contributed by atoms with Gasteiger partial charge in [-0.25, -0.2) is 4.98 Å². The first-order chi connectivity index (χ1) is 9.22. The summed E-state index contributed by atoms with van der Waals surface area (Å²) in [4.78, 5) is 16.4. The van der Waals surface area contributed by atoms with E-state index in [-0.39, 0.29) is 5.91 Å². The van der Waals surface area contributed by atoms with Gasteiger partial charge in [-0.1, -0.05) is 18.2 Å². The first-order valence-electron chi connectivity index (χ1n) is 6.04. The zero-order valence-corrected chi connectivity index (χ0v) is 10.5. The van der Waals surface area contributed by atoms with Gasteiger partial charge in [-0.3, -0.25) is 4.79 Å². The van der Waals surface area contributed by atoms with Gasteiger partial charge in [0.05, 0.1) is 11.4 Å². The molecule has 2 aromatic heterocycles. The van der Waals surface area contributed by atoms with E-state index >= 15 is 0 Å². The number of carbonyl (C=O) groups excluding carboxylic acids is 1. The predicted molar refractivity (Wildman–Crippen MR) is 74.3 cm³/mol. The van der Waals surface area contributed by atoms with Crippen molar-refractivity contribution in [2.75, 3.05) is 5.32 Å². The summed E-state index contributed by atoms with van der Waals surface area (Å²) in [6.45, 7) is 1.94. The highest BCUT2D eigenvalue weighted by molar-refractivity contribution is 6.04. The molecule has 3 rings (SSSR count). The first-order valence-corrected chi connectivity index (χ1v) is 6.04. The monoisotopic (exact) mass is 251 g/mol. The Labute approximate surface area is 110 Å². The maximum absolute atomic E-state index is 12.0. The molecule has 19 heavy (non-hydrogen) atoms. The van der Waals surface area contributed by atoms with E-state index in [0.717, 1.165) is 17.0 Å². The van der Waals surface area contributed by atoms with Gasteiger partial charge in [0.25, 0.3) is 5.91 Å². The number of benzene rings is 1. The minimum Gasteiger partial charge on any atom is -0.321 e. The maximum Gasteiger partial charge on any atom is 0.255 e. The zero-order valence-electron chi connectivity index (χ0n) is 10.5. The number of nitrogens with one attached hydrogen (secondary N) is 1. The number of anilines is 1. The van der Waals surface area contributed by atoms with Gasteiger partial charge in [0.2, 0.25) is 0 Å². The van der Waals surface area contributed by atoms with Crippen molar-refractivity contribution in [3.63, 3.8) is 0 Å². The number of hydrogen-bond acceptors (Lipinski definition) is 2. The zero-order chi connectivity index (χ0) is 13.2. The van der Waals surface area contributed by atoms with E-state index in [9.17, 15) is 4.79 Å². The Morgan fingerprint density at radius 2 is 1.89 bits per heavy atom. The van der Waals surface area contributed by atoms with Crippen LogP contribution in [0.4, 0.5) is 5.69 Å². The second kappa shape index (κ2) is 4.57. The highest BCUT2D eigenvalue weighted by Crippen LogP contribution is 2.12. The first kappa shape index (κ1) is 11.5. The van der Waals surface area contributed by atoms with Gasteiger partial charge in [-0.2, -0.15) is 0 Å². The number of nitrogens with zero attached hydrogens (tertiary/aromatic N) is 2. The Morgan fingerprint density at radius 1 is 1.11 bits per heavy atom. The van der Waals surface area contributed by atoms with E-state index in [1.54, 1.807) is 12.1 Å². The van der Waals surface area contributed by atoms with Gasteiger partial charge in [0.15, 0.2) is 0 Å². The van der Waals surface area contributed by atoms with E-state index in [0.29, 0.717) is 5.56 Å². The van der Waals surface area contributed by atoms with Crippen LogP contribution in [-0.2, 0) is 0 Å². The summed E-state index contributed by atoms with van der Waals surface area (Å²) in [5, 5.41) is 2.87. The molecule has 4 heteroatoms. The summed E-state index contributed by atoms with van der Waals surface area (Å²) >= 11 is 0. The van der Waals surface area contributed by atoms with E-state index in [4.69, 9.17) is 0 Å². The lowest BCUT2D eigenvalue weighted by molar-refractivity contribution is 0.102.